The molecule has 2 N–H and O–H groups in total. The standard InChI is InChI=1S/C23H25N7O3S/c1-14(31)29-6-3-15(4-7-29)5-8-30-22-20(21(24)26-12-27-22)28-23(30)34-19-10-18-17(32-13-33-18)9-16(19)11-25-2/h9-10,12,15H,3-8,11,13H2,1H3,(H2,24,26,27). The van der Waals surface area contributed by atoms with Crippen LogP contribution < -0.4 is 15.2 Å². The number of nitrogens with two attached hydrogens (primary N) is 1. The van der Waals surface area contributed by atoms with Crippen molar-refractivity contribution in [1.82, 2.24) is 24.4 Å². The van der Waals surface area contributed by atoms with Crippen molar-refractivity contribution >= 4 is 34.7 Å². The smallest absolute Gasteiger partial charge is 0.241 e. The van der Waals surface area contributed by atoms with Crippen LogP contribution in [0.5, 0.6) is 11.5 Å². The van der Waals surface area contributed by atoms with Crippen molar-refractivity contribution in [2.24, 2.45) is 5.92 Å². The van der Waals surface area contributed by atoms with E-state index in [4.69, 9.17) is 26.8 Å². The van der Waals surface area contributed by atoms with E-state index in [2.05, 4.69) is 19.4 Å². The van der Waals surface area contributed by atoms with E-state index in [1.165, 1.54) is 18.1 Å². The Morgan fingerprint density at radius 3 is 2.76 bits per heavy atom. The van der Waals surface area contributed by atoms with Crippen molar-refractivity contribution in [3.63, 3.8) is 0 Å². The topological polar surface area (TPSA) is 113 Å². The Balaban J connectivity index is 1.43. The molecule has 0 saturated carbocycles. The van der Waals surface area contributed by atoms with E-state index in [1.807, 2.05) is 17.0 Å². The lowest BCUT2D eigenvalue weighted by Gasteiger charge is -2.31. The van der Waals surface area contributed by atoms with Crippen LogP contribution in [0.1, 0.15) is 31.7 Å². The van der Waals surface area contributed by atoms with E-state index in [1.54, 1.807) is 6.92 Å². The first-order valence-corrected chi connectivity index (χ1v) is 12.0. The number of likely N-dealkylation sites (tertiary alicyclic amines) is 1. The molecule has 5 rings (SSSR count). The molecular weight excluding hydrogens is 454 g/mol. The van der Waals surface area contributed by atoms with Crippen LogP contribution in [0.25, 0.3) is 16.0 Å². The molecule has 176 valence electrons. The van der Waals surface area contributed by atoms with Gasteiger partial charge in [0.1, 0.15) is 6.33 Å². The van der Waals surface area contributed by atoms with Gasteiger partial charge in [-0.2, -0.15) is 0 Å². The number of imidazole rings is 1. The van der Waals surface area contributed by atoms with Gasteiger partial charge >= 0.3 is 0 Å². The first kappa shape index (κ1) is 22.3. The molecule has 0 bridgehead atoms. The summed E-state index contributed by atoms with van der Waals surface area (Å²) in [5.74, 6) is 2.32. The summed E-state index contributed by atoms with van der Waals surface area (Å²) < 4.78 is 13.1. The van der Waals surface area contributed by atoms with Gasteiger partial charge in [-0.15, -0.1) is 0 Å². The lowest BCUT2D eigenvalue weighted by molar-refractivity contribution is -0.130. The molecule has 11 heteroatoms. The zero-order valence-corrected chi connectivity index (χ0v) is 19.7. The molecule has 1 saturated heterocycles. The lowest BCUT2D eigenvalue weighted by atomic mass is 9.93. The Bertz CT molecular complexity index is 1280. The van der Waals surface area contributed by atoms with Gasteiger partial charge in [-0.05, 0) is 37.3 Å². The van der Waals surface area contributed by atoms with Gasteiger partial charge < -0.3 is 29.5 Å². The van der Waals surface area contributed by atoms with Crippen molar-refractivity contribution in [2.45, 2.75) is 49.3 Å². The third kappa shape index (κ3) is 4.33. The van der Waals surface area contributed by atoms with Crippen LogP contribution in [0.4, 0.5) is 5.82 Å². The normalized spacial score (nSPS) is 15.6. The molecular formula is C23H25N7O3S. The number of carbonyl (C=O) groups is 1. The quantitative estimate of drug-likeness (QED) is 0.536. The van der Waals surface area contributed by atoms with Crippen LogP contribution in [0.15, 0.2) is 28.5 Å². The second-order valence-corrected chi connectivity index (χ2v) is 9.46. The number of piperidine rings is 1. The van der Waals surface area contributed by atoms with Gasteiger partial charge in [0.05, 0.1) is 0 Å². The number of aromatic nitrogens is 4. The summed E-state index contributed by atoms with van der Waals surface area (Å²) in [6.45, 7) is 11.7. The summed E-state index contributed by atoms with van der Waals surface area (Å²) in [6, 6.07) is 3.77. The third-order valence-electron chi connectivity index (χ3n) is 6.35. The minimum absolute atomic E-state index is 0.142. The average Bonchev–Trinajstić information content (AvgIpc) is 3.43. The zero-order chi connectivity index (χ0) is 23.7. The average molecular weight is 480 g/mol. The number of carbonyl (C=O) groups excluding carboxylic acids is 1. The number of nitrogens with zero attached hydrogens (tertiary/aromatic N) is 6. The molecule has 1 amide bonds. The third-order valence-corrected chi connectivity index (χ3v) is 7.45. The minimum Gasteiger partial charge on any atom is -0.454 e. The monoisotopic (exact) mass is 479 g/mol. The van der Waals surface area contributed by atoms with Crippen molar-refractivity contribution in [3.8, 4) is 11.5 Å². The highest BCUT2D eigenvalue weighted by atomic mass is 32.2. The van der Waals surface area contributed by atoms with E-state index < -0.39 is 0 Å². The number of benzene rings is 1. The van der Waals surface area contributed by atoms with Crippen LogP contribution in [0, 0.1) is 12.5 Å². The molecule has 1 fully saturated rings. The summed E-state index contributed by atoms with van der Waals surface area (Å²) >= 11 is 1.47. The fourth-order valence-corrected chi connectivity index (χ4v) is 5.47. The number of anilines is 1. The molecule has 2 aliphatic rings. The van der Waals surface area contributed by atoms with Gasteiger partial charge in [-0.1, -0.05) is 11.8 Å². The number of ether oxygens (including phenoxy) is 2. The summed E-state index contributed by atoms with van der Waals surface area (Å²) in [4.78, 5) is 31.4. The van der Waals surface area contributed by atoms with Crippen molar-refractivity contribution in [3.05, 3.63) is 35.4 Å². The Hall–Kier alpha value is -3.52. The highest BCUT2D eigenvalue weighted by Gasteiger charge is 2.24. The van der Waals surface area contributed by atoms with Gasteiger partial charge in [0.25, 0.3) is 0 Å². The summed E-state index contributed by atoms with van der Waals surface area (Å²) in [5.41, 5.74) is 8.25. The number of hydrogen-bond donors (Lipinski definition) is 1. The highest BCUT2D eigenvalue weighted by Crippen LogP contribution is 2.41. The zero-order valence-electron chi connectivity index (χ0n) is 18.9. The molecule has 3 aromatic rings. The van der Waals surface area contributed by atoms with Gasteiger partial charge in [0.15, 0.2) is 33.6 Å². The SMILES string of the molecule is [C-]#[N+]Cc1cc2c(cc1Sc1nc3c(N)ncnc3n1CCC1CCN(C(C)=O)CC1)OCO2. The predicted octanol–water partition coefficient (Wildman–Crippen LogP) is 3.36. The largest absolute Gasteiger partial charge is 0.454 e. The van der Waals surface area contributed by atoms with Crippen molar-refractivity contribution < 1.29 is 14.3 Å². The summed E-state index contributed by atoms with van der Waals surface area (Å²) in [7, 11) is 0. The van der Waals surface area contributed by atoms with Gasteiger partial charge in [-0.25, -0.2) is 21.5 Å². The molecule has 0 unspecified atom stereocenters. The van der Waals surface area contributed by atoms with Gasteiger partial charge in [-0.3, -0.25) is 4.79 Å². The minimum atomic E-state index is 0.142. The van der Waals surface area contributed by atoms with E-state index in [-0.39, 0.29) is 19.2 Å². The predicted molar refractivity (Wildman–Crippen MR) is 126 cm³/mol. The van der Waals surface area contributed by atoms with Gasteiger partial charge in [0.2, 0.25) is 19.2 Å². The fourth-order valence-electron chi connectivity index (χ4n) is 4.43. The Morgan fingerprint density at radius 1 is 1.26 bits per heavy atom. The molecule has 0 spiro atoms. The number of nitrogen functional groups attached to an aromatic ring is 1. The summed E-state index contributed by atoms with van der Waals surface area (Å²) in [5, 5.41) is 0.744. The van der Waals surface area contributed by atoms with Crippen LogP contribution in [0.3, 0.4) is 0 Å². The number of aryl methyl sites for hydroxylation is 1. The maximum Gasteiger partial charge on any atom is 0.241 e. The molecule has 4 heterocycles. The van der Waals surface area contributed by atoms with Crippen molar-refractivity contribution in [2.75, 3.05) is 25.6 Å². The Labute approximate surface area is 201 Å². The van der Waals surface area contributed by atoms with Crippen LogP contribution in [-0.2, 0) is 17.9 Å². The number of amides is 1. The van der Waals surface area contributed by atoms with E-state index >= 15 is 0 Å². The molecule has 0 aliphatic carbocycles. The molecule has 0 radical (unpaired) electrons. The molecule has 2 aliphatic heterocycles. The fraction of sp³-hybridized carbons (Fsp3) is 0.435. The van der Waals surface area contributed by atoms with E-state index in [9.17, 15) is 4.79 Å². The second-order valence-electron chi connectivity index (χ2n) is 8.45. The molecule has 34 heavy (non-hydrogen) atoms. The second kappa shape index (κ2) is 9.38. The van der Waals surface area contributed by atoms with E-state index in [0.29, 0.717) is 34.4 Å². The molecule has 1 aromatic carbocycles. The van der Waals surface area contributed by atoms with Crippen molar-refractivity contribution in [1.29, 1.82) is 0 Å². The first-order valence-electron chi connectivity index (χ1n) is 11.2. The number of hydrogen-bond acceptors (Lipinski definition) is 8. The van der Waals surface area contributed by atoms with Crippen LogP contribution >= 0.6 is 11.8 Å². The van der Waals surface area contributed by atoms with Gasteiger partial charge in [0, 0.05) is 37.0 Å². The molecule has 0 atom stereocenters. The van der Waals surface area contributed by atoms with Crippen LogP contribution in [0.2, 0.25) is 0 Å². The van der Waals surface area contributed by atoms with Crippen LogP contribution in [-0.4, -0.2) is 50.2 Å². The first-order chi connectivity index (χ1) is 16.5. The summed E-state index contributed by atoms with van der Waals surface area (Å²) in [6.07, 6.45) is 4.39. The maximum atomic E-state index is 11.6. The number of fused-ring (bicyclic) bond motifs is 2. The highest BCUT2D eigenvalue weighted by molar-refractivity contribution is 7.99. The molecule has 10 nitrogen and oxygen atoms in total. The Kier molecular flexibility index (Phi) is 6.15. The lowest BCUT2D eigenvalue weighted by Crippen LogP contribution is -2.37. The maximum absolute atomic E-state index is 11.6. The molecule has 2 aromatic heterocycles. The number of rotatable bonds is 6. The van der Waals surface area contributed by atoms with E-state index in [0.717, 1.165) is 54.5 Å². The Morgan fingerprint density at radius 2 is 2.03 bits per heavy atom.